The second-order valence-corrected chi connectivity index (χ2v) is 4.07. The number of ether oxygens (including phenoxy) is 1. The molecule has 17 heavy (non-hydrogen) atoms. The molecule has 2 unspecified atom stereocenters. The molecule has 1 aromatic heterocycles. The minimum atomic E-state index is 0.0815. The molecule has 0 saturated carbocycles. The van der Waals surface area contributed by atoms with Crippen molar-refractivity contribution in [2.75, 3.05) is 18.9 Å². The third-order valence-electron chi connectivity index (χ3n) is 2.72. The van der Waals surface area contributed by atoms with E-state index in [1.54, 1.807) is 6.20 Å². The van der Waals surface area contributed by atoms with Gasteiger partial charge in [-0.05, 0) is 32.9 Å². The van der Waals surface area contributed by atoms with Crippen LogP contribution in [0.15, 0.2) is 18.3 Å². The first-order chi connectivity index (χ1) is 8.20. The van der Waals surface area contributed by atoms with Crippen LogP contribution in [-0.2, 0) is 4.74 Å². The van der Waals surface area contributed by atoms with Gasteiger partial charge in [0.25, 0.3) is 0 Å². The van der Waals surface area contributed by atoms with E-state index in [0.29, 0.717) is 12.4 Å². The minimum Gasteiger partial charge on any atom is -0.383 e. The highest BCUT2D eigenvalue weighted by Crippen LogP contribution is 2.23. The summed E-state index contributed by atoms with van der Waals surface area (Å²) >= 11 is 0. The fourth-order valence-corrected chi connectivity index (χ4v) is 1.88. The standard InChI is InChI=1S/C13H23N3O/c1-4-8-15-12(10(3)17-5-2)11-7-6-9-16-13(11)14/h6-7,9-10,12,15H,4-5,8H2,1-3H3,(H2,14,16). The molecule has 96 valence electrons. The molecule has 3 N–H and O–H groups in total. The average Bonchev–Trinajstić information content (AvgIpc) is 2.32. The van der Waals surface area contributed by atoms with Gasteiger partial charge in [-0.1, -0.05) is 13.0 Å². The lowest BCUT2D eigenvalue weighted by molar-refractivity contribution is 0.0473. The van der Waals surface area contributed by atoms with Crippen LogP contribution in [0.5, 0.6) is 0 Å². The van der Waals surface area contributed by atoms with Crippen LogP contribution >= 0.6 is 0 Å². The summed E-state index contributed by atoms with van der Waals surface area (Å²) in [6.07, 6.45) is 2.87. The lowest BCUT2D eigenvalue weighted by atomic mass is 10.0. The molecule has 0 fully saturated rings. The Morgan fingerprint density at radius 2 is 2.24 bits per heavy atom. The zero-order chi connectivity index (χ0) is 12.7. The number of hydrogen-bond acceptors (Lipinski definition) is 4. The smallest absolute Gasteiger partial charge is 0.128 e. The molecule has 0 saturated heterocycles. The number of anilines is 1. The molecular weight excluding hydrogens is 214 g/mol. The van der Waals surface area contributed by atoms with Gasteiger partial charge in [0.05, 0.1) is 12.1 Å². The molecule has 0 amide bonds. The van der Waals surface area contributed by atoms with Crippen molar-refractivity contribution >= 4 is 5.82 Å². The first kappa shape index (κ1) is 13.9. The van der Waals surface area contributed by atoms with Crippen molar-refractivity contribution in [1.29, 1.82) is 0 Å². The van der Waals surface area contributed by atoms with E-state index >= 15 is 0 Å². The Morgan fingerprint density at radius 1 is 1.47 bits per heavy atom. The van der Waals surface area contributed by atoms with Gasteiger partial charge in [0, 0.05) is 18.4 Å². The molecule has 1 heterocycles. The summed E-state index contributed by atoms with van der Waals surface area (Å²) in [4.78, 5) is 4.13. The number of nitrogens with one attached hydrogen (secondary N) is 1. The molecule has 0 spiro atoms. The molecule has 0 aromatic carbocycles. The molecule has 0 aliphatic heterocycles. The molecule has 0 radical (unpaired) electrons. The normalized spacial score (nSPS) is 14.5. The van der Waals surface area contributed by atoms with E-state index < -0.39 is 0 Å². The van der Waals surface area contributed by atoms with Gasteiger partial charge in [0.2, 0.25) is 0 Å². The summed E-state index contributed by atoms with van der Waals surface area (Å²) < 4.78 is 5.66. The van der Waals surface area contributed by atoms with Crippen LogP contribution in [-0.4, -0.2) is 24.2 Å². The van der Waals surface area contributed by atoms with Gasteiger partial charge in [-0.2, -0.15) is 0 Å². The molecule has 1 aromatic rings. The van der Waals surface area contributed by atoms with Crippen LogP contribution in [0.4, 0.5) is 5.82 Å². The Labute approximate surface area is 104 Å². The van der Waals surface area contributed by atoms with Crippen molar-refractivity contribution in [3.05, 3.63) is 23.9 Å². The minimum absolute atomic E-state index is 0.0815. The molecule has 0 aliphatic rings. The number of rotatable bonds is 7. The zero-order valence-corrected chi connectivity index (χ0v) is 10.9. The Morgan fingerprint density at radius 3 is 2.82 bits per heavy atom. The average molecular weight is 237 g/mol. The van der Waals surface area contributed by atoms with Gasteiger partial charge in [0.15, 0.2) is 0 Å². The highest BCUT2D eigenvalue weighted by Gasteiger charge is 2.21. The predicted octanol–water partition coefficient (Wildman–Crippen LogP) is 2.13. The Hall–Kier alpha value is -1.13. The fraction of sp³-hybridized carbons (Fsp3) is 0.615. The van der Waals surface area contributed by atoms with E-state index in [1.807, 2.05) is 19.1 Å². The Balaban J connectivity index is 2.85. The number of aromatic nitrogens is 1. The molecule has 1 rings (SSSR count). The highest BCUT2D eigenvalue weighted by molar-refractivity contribution is 5.41. The van der Waals surface area contributed by atoms with E-state index in [-0.39, 0.29) is 12.1 Å². The van der Waals surface area contributed by atoms with Crippen molar-refractivity contribution in [1.82, 2.24) is 10.3 Å². The molecular formula is C13H23N3O. The predicted molar refractivity (Wildman–Crippen MR) is 70.8 cm³/mol. The van der Waals surface area contributed by atoms with Gasteiger partial charge >= 0.3 is 0 Å². The van der Waals surface area contributed by atoms with Gasteiger partial charge in [-0.15, -0.1) is 0 Å². The number of nitrogens with zero attached hydrogens (tertiary/aromatic N) is 1. The van der Waals surface area contributed by atoms with Crippen molar-refractivity contribution in [2.45, 2.75) is 39.3 Å². The molecule has 4 heteroatoms. The van der Waals surface area contributed by atoms with E-state index in [2.05, 4.69) is 24.1 Å². The molecule has 2 atom stereocenters. The maximum absolute atomic E-state index is 5.92. The topological polar surface area (TPSA) is 60.2 Å². The largest absolute Gasteiger partial charge is 0.383 e. The van der Waals surface area contributed by atoms with Crippen LogP contribution in [0.3, 0.4) is 0 Å². The SMILES string of the molecule is CCCNC(c1cccnc1N)C(C)OCC. The summed E-state index contributed by atoms with van der Waals surface area (Å²) in [5.74, 6) is 0.577. The zero-order valence-electron chi connectivity index (χ0n) is 10.9. The maximum Gasteiger partial charge on any atom is 0.128 e. The Bertz CT molecular complexity index is 330. The van der Waals surface area contributed by atoms with E-state index in [4.69, 9.17) is 10.5 Å². The van der Waals surface area contributed by atoms with Crippen molar-refractivity contribution in [2.24, 2.45) is 0 Å². The summed E-state index contributed by atoms with van der Waals surface area (Å²) in [7, 11) is 0. The Kier molecular flexibility index (Phi) is 5.94. The first-order valence-electron chi connectivity index (χ1n) is 6.26. The fourth-order valence-electron chi connectivity index (χ4n) is 1.88. The lowest BCUT2D eigenvalue weighted by Gasteiger charge is -2.26. The van der Waals surface area contributed by atoms with Crippen LogP contribution in [0.25, 0.3) is 0 Å². The molecule has 0 aliphatic carbocycles. The van der Waals surface area contributed by atoms with E-state index in [1.165, 1.54) is 0 Å². The highest BCUT2D eigenvalue weighted by atomic mass is 16.5. The second-order valence-electron chi connectivity index (χ2n) is 4.07. The monoisotopic (exact) mass is 237 g/mol. The van der Waals surface area contributed by atoms with Crippen LogP contribution < -0.4 is 11.1 Å². The van der Waals surface area contributed by atoms with Gasteiger partial charge < -0.3 is 15.8 Å². The summed E-state index contributed by atoms with van der Waals surface area (Å²) in [5, 5.41) is 3.47. The van der Waals surface area contributed by atoms with Crippen LogP contribution in [0.2, 0.25) is 0 Å². The lowest BCUT2D eigenvalue weighted by Crippen LogP contribution is -2.33. The summed E-state index contributed by atoms with van der Waals surface area (Å²) in [5.41, 5.74) is 6.94. The van der Waals surface area contributed by atoms with Gasteiger partial charge in [0.1, 0.15) is 5.82 Å². The van der Waals surface area contributed by atoms with Gasteiger partial charge in [-0.25, -0.2) is 4.98 Å². The summed E-state index contributed by atoms with van der Waals surface area (Å²) in [6, 6.07) is 4.01. The quantitative estimate of drug-likeness (QED) is 0.762. The van der Waals surface area contributed by atoms with E-state index in [0.717, 1.165) is 18.5 Å². The third-order valence-corrected chi connectivity index (χ3v) is 2.72. The molecule has 4 nitrogen and oxygen atoms in total. The van der Waals surface area contributed by atoms with Crippen LogP contribution in [0, 0.1) is 0 Å². The maximum atomic E-state index is 5.92. The molecule has 0 bridgehead atoms. The first-order valence-corrected chi connectivity index (χ1v) is 6.26. The third kappa shape index (κ3) is 3.98. The van der Waals surface area contributed by atoms with Crippen molar-refractivity contribution in [3.8, 4) is 0 Å². The van der Waals surface area contributed by atoms with Crippen LogP contribution in [0.1, 0.15) is 38.8 Å². The number of nitrogens with two attached hydrogens (primary N) is 1. The number of hydrogen-bond donors (Lipinski definition) is 2. The van der Waals surface area contributed by atoms with Gasteiger partial charge in [-0.3, -0.25) is 0 Å². The van der Waals surface area contributed by atoms with Crippen molar-refractivity contribution in [3.63, 3.8) is 0 Å². The number of nitrogen functional groups attached to an aromatic ring is 1. The summed E-state index contributed by atoms with van der Waals surface area (Å²) in [6.45, 7) is 7.84. The van der Waals surface area contributed by atoms with E-state index in [9.17, 15) is 0 Å². The van der Waals surface area contributed by atoms with Crippen molar-refractivity contribution < 1.29 is 4.74 Å². The number of pyridine rings is 1. The second kappa shape index (κ2) is 7.25.